The Bertz CT molecular complexity index is 358. The summed E-state index contributed by atoms with van der Waals surface area (Å²) in [5.74, 6) is 0. The van der Waals surface area contributed by atoms with Crippen LogP contribution in [0.4, 0.5) is 0 Å². The van der Waals surface area contributed by atoms with Crippen LogP contribution in [0, 0.1) is 6.92 Å². The fourth-order valence-electron chi connectivity index (χ4n) is 2.33. The first-order valence-electron chi connectivity index (χ1n) is 7.30. The molecule has 1 fully saturated rings. The second-order valence-corrected chi connectivity index (χ2v) is 5.18. The minimum absolute atomic E-state index is 0.116. The maximum Gasteiger partial charge on any atom is 0.0950 e. The van der Waals surface area contributed by atoms with Crippen LogP contribution in [0.5, 0.6) is 0 Å². The summed E-state index contributed by atoms with van der Waals surface area (Å²) < 4.78 is 11.7. The van der Waals surface area contributed by atoms with Crippen molar-refractivity contribution in [2.45, 2.75) is 38.9 Å². The number of benzene rings is 1. The molecule has 2 atom stereocenters. The zero-order chi connectivity index (χ0) is 13.5. The number of aryl methyl sites for hydroxylation is 1. The van der Waals surface area contributed by atoms with E-state index in [0.717, 1.165) is 32.5 Å². The molecule has 0 aliphatic carbocycles. The lowest BCUT2D eigenvalue weighted by atomic mass is 10.1. The molecular weight excluding hydrogens is 238 g/mol. The smallest absolute Gasteiger partial charge is 0.0950 e. The van der Waals surface area contributed by atoms with Gasteiger partial charge in [0, 0.05) is 13.2 Å². The van der Waals surface area contributed by atoms with Gasteiger partial charge in [-0.25, -0.2) is 0 Å². The van der Waals surface area contributed by atoms with Crippen LogP contribution in [0.2, 0.25) is 0 Å². The summed E-state index contributed by atoms with van der Waals surface area (Å²) in [5.41, 5.74) is 2.52. The molecule has 3 nitrogen and oxygen atoms in total. The standard InChI is InChI=1S/C16H25NO2/c1-3-17-11-16(14-8-6-13(2)7-9-14)19-12-15-5-4-10-18-15/h6-9,15-17H,3-5,10-12H2,1-2H3. The van der Waals surface area contributed by atoms with Gasteiger partial charge in [-0.15, -0.1) is 0 Å². The number of hydrogen-bond acceptors (Lipinski definition) is 3. The molecule has 1 aliphatic heterocycles. The van der Waals surface area contributed by atoms with Crippen molar-refractivity contribution in [2.75, 3.05) is 26.3 Å². The summed E-state index contributed by atoms with van der Waals surface area (Å²) in [5, 5.41) is 3.37. The number of hydrogen-bond donors (Lipinski definition) is 1. The van der Waals surface area contributed by atoms with Gasteiger partial charge in [0.15, 0.2) is 0 Å². The van der Waals surface area contributed by atoms with E-state index in [4.69, 9.17) is 9.47 Å². The summed E-state index contributed by atoms with van der Waals surface area (Å²) in [4.78, 5) is 0. The molecule has 2 rings (SSSR count). The fraction of sp³-hybridized carbons (Fsp3) is 0.625. The number of nitrogens with one attached hydrogen (secondary N) is 1. The van der Waals surface area contributed by atoms with Crippen molar-refractivity contribution in [1.82, 2.24) is 5.32 Å². The average molecular weight is 263 g/mol. The predicted octanol–water partition coefficient (Wildman–Crippen LogP) is 2.84. The van der Waals surface area contributed by atoms with E-state index in [-0.39, 0.29) is 12.2 Å². The number of likely N-dealkylation sites (N-methyl/N-ethyl adjacent to an activating group) is 1. The van der Waals surface area contributed by atoms with Crippen molar-refractivity contribution in [2.24, 2.45) is 0 Å². The molecule has 1 aromatic rings. The Balaban J connectivity index is 1.91. The van der Waals surface area contributed by atoms with Gasteiger partial charge >= 0.3 is 0 Å². The molecule has 0 amide bonds. The van der Waals surface area contributed by atoms with Gasteiger partial charge in [-0.3, -0.25) is 0 Å². The summed E-state index contributed by atoms with van der Waals surface area (Å²) in [6, 6.07) is 8.60. The van der Waals surface area contributed by atoms with Crippen LogP contribution in [0.15, 0.2) is 24.3 Å². The molecule has 0 spiro atoms. The van der Waals surface area contributed by atoms with E-state index in [0.29, 0.717) is 6.61 Å². The van der Waals surface area contributed by atoms with Crippen LogP contribution < -0.4 is 5.32 Å². The summed E-state index contributed by atoms with van der Waals surface area (Å²) in [7, 11) is 0. The minimum atomic E-state index is 0.116. The highest BCUT2D eigenvalue weighted by Gasteiger charge is 2.19. The lowest BCUT2D eigenvalue weighted by molar-refractivity contribution is -0.0208. The van der Waals surface area contributed by atoms with Crippen molar-refractivity contribution in [3.05, 3.63) is 35.4 Å². The second-order valence-electron chi connectivity index (χ2n) is 5.18. The molecule has 0 bridgehead atoms. The maximum atomic E-state index is 6.07. The first-order chi connectivity index (χ1) is 9.29. The molecule has 1 aliphatic rings. The van der Waals surface area contributed by atoms with Gasteiger partial charge in [0.1, 0.15) is 0 Å². The number of ether oxygens (including phenoxy) is 2. The lowest BCUT2D eigenvalue weighted by Gasteiger charge is -2.21. The van der Waals surface area contributed by atoms with Gasteiger partial charge < -0.3 is 14.8 Å². The Kier molecular flexibility index (Phi) is 5.83. The maximum absolute atomic E-state index is 6.07. The highest BCUT2D eigenvalue weighted by Crippen LogP contribution is 2.20. The fourth-order valence-corrected chi connectivity index (χ4v) is 2.33. The molecule has 3 heteroatoms. The molecule has 19 heavy (non-hydrogen) atoms. The monoisotopic (exact) mass is 263 g/mol. The Morgan fingerprint density at radius 2 is 2.16 bits per heavy atom. The lowest BCUT2D eigenvalue weighted by Crippen LogP contribution is -2.26. The topological polar surface area (TPSA) is 30.5 Å². The van der Waals surface area contributed by atoms with Crippen molar-refractivity contribution < 1.29 is 9.47 Å². The predicted molar refractivity (Wildman–Crippen MR) is 77.4 cm³/mol. The molecule has 0 aromatic heterocycles. The Morgan fingerprint density at radius 3 is 2.79 bits per heavy atom. The summed E-state index contributed by atoms with van der Waals surface area (Å²) in [6.07, 6.45) is 2.69. The zero-order valence-corrected chi connectivity index (χ0v) is 12.0. The van der Waals surface area contributed by atoms with Crippen LogP contribution in [0.25, 0.3) is 0 Å². The molecule has 106 valence electrons. The quantitative estimate of drug-likeness (QED) is 0.820. The van der Waals surface area contributed by atoms with Crippen molar-refractivity contribution in [1.29, 1.82) is 0 Å². The molecular formula is C16H25NO2. The largest absolute Gasteiger partial charge is 0.376 e. The Morgan fingerprint density at radius 1 is 1.37 bits per heavy atom. The first kappa shape index (κ1) is 14.5. The van der Waals surface area contributed by atoms with Crippen molar-refractivity contribution >= 4 is 0 Å². The van der Waals surface area contributed by atoms with Crippen LogP contribution in [0.3, 0.4) is 0 Å². The van der Waals surface area contributed by atoms with Crippen LogP contribution in [0.1, 0.15) is 37.0 Å². The molecule has 2 unspecified atom stereocenters. The molecule has 1 aromatic carbocycles. The average Bonchev–Trinajstić information content (AvgIpc) is 2.93. The van der Waals surface area contributed by atoms with E-state index in [1.165, 1.54) is 11.1 Å². The van der Waals surface area contributed by atoms with Crippen LogP contribution in [-0.4, -0.2) is 32.4 Å². The van der Waals surface area contributed by atoms with Gasteiger partial charge in [-0.1, -0.05) is 36.8 Å². The van der Waals surface area contributed by atoms with E-state index < -0.39 is 0 Å². The van der Waals surface area contributed by atoms with Crippen LogP contribution >= 0.6 is 0 Å². The SMILES string of the molecule is CCNCC(OCC1CCCO1)c1ccc(C)cc1. The molecule has 0 radical (unpaired) electrons. The van der Waals surface area contributed by atoms with E-state index in [1.54, 1.807) is 0 Å². The summed E-state index contributed by atoms with van der Waals surface area (Å²) in [6.45, 7) is 7.63. The zero-order valence-electron chi connectivity index (χ0n) is 12.0. The van der Waals surface area contributed by atoms with E-state index >= 15 is 0 Å². The van der Waals surface area contributed by atoms with Gasteiger partial charge in [0.05, 0.1) is 18.8 Å². The molecule has 1 N–H and O–H groups in total. The third kappa shape index (κ3) is 4.60. The van der Waals surface area contributed by atoms with Gasteiger partial charge in [0.25, 0.3) is 0 Å². The minimum Gasteiger partial charge on any atom is -0.376 e. The van der Waals surface area contributed by atoms with Gasteiger partial charge in [-0.05, 0) is 31.9 Å². The van der Waals surface area contributed by atoms with Crippen molar-refractivity contribution in [3.63, 3.8) is 0 Å². The first-order valence-corrected chi connectivity index (χ1v) is 7.30. The van der Waals surface area contributed by atoms with Crippen molar-refractivity contribution in [3.8, 4) is 0 Å². The molecule has 1 heterocycles. The van der Waals surface area contributed by atoms with E-state index in [2.05, 4.69) is 43.4 Å². The second kappa shape index (κ2) is 7.63. The van der Waals surface area contributed by atoms with Crippen LogP contribution in [-0.2, 0) is 9.47 Å². The molecule has 0 saturated carbocycles. The highest BCUT2D eigenvalue weighted by atomic mass is 16.5. The molecule has 1 saturated heterocycles. The normalized spacial score (nSPS) is 20.6. The third-order valence-electron chi connectivity index (χ3n) is 3.54. The van der Waals surface area contributed by atoms with E-state index in [9.17, 15) is 0 Å². The third-order valence-corrected chi connectivity index (χ3v) is 3.54. The van der Waals surface area contributed by atoms with Gasteiger partial charge in [0.2, 0.25) is 0 Å². The Labute approximate surface area is 116 Å². The van der Waals surface area contributed by atoms with E-state index in [1.807, 2.05) is 0 Å². The number of rotatable bonds is 7. The highest BCUT2D eigenvalue weighted by molar-refractivity contribution is 5.23. The Hall–Kier alpha value is -0.900. The van der Waals surface area contributed by atoms with Gasteiger partial charge in [-0.2, -0.15) is 0 Å². The summed E-state index contributed by atoms with van der Waals surface area (Å²) >= 11 is 0.